The van der Waals surface area contributed by atoms with Gasteiger partial charge in [0.15, 0.2) is 0 Å². The van der Waals surface area contributed by atoms with Crippen molar-refractivity contribution in [2.75, 3.05) is 13.1 Å². The zero-order valence-corrected chi connectivity index (χ0v) is 17.6. The number of benzene rings is 1. The van der Waals surface area contributed by atoms with Gasteiger partial charge in [-0.1, -0.05) is 38.4 Å². The Hall–Kier alpha value is -1.63. The molecule has 154 valence electrons. The quantitative estimate of drug-likeness (QED) is 0.700. The van der Waals surface area contributed by atoms with Gasteiger partial charge < -0.3 is 20.6 Å². The van der Waals surface area contributed by atoms with Crippen LogP contribution < -0.4 is 10.6 Å². The summed E-state index contributed by atoms with van der Waals surface area (Å²) in [7, 11) is 0. The highest BCUT2D eigenvalue weighted by Crippen LogP contribution is 2.29. The van der Waals surface area contributed by atoms with E-state index in [1.54, 1.807) is 0 Å². The highest BCUT2D eigenvalue weighted by Gasteiger charge is 2.40. The molecule has 3 N–H and O–H groups in total. The molecule has 0 saturated carbocycles. The summed E-state index contributed by atoms with van der Waals surface area (Å²) in [5.74, 6) is -0.549. The lowest BCUT2D eigenvalue weighted by atomic mass is 9.88. The number of nitrogens with zero attached hydrogens (tertiary/aromatic N) is 1. The second kappa shape index (κ2) is 8.39. The summed E-state index contributed by atoms with van der Waals surface area (Å²) in [6, 6.07) is 5.53. The predicted octanol–water partition coefficient (Wildman–Crippen LogP) is 2.39. The van der Waals surface area contributed by atoms with Crippen molar-refractivity contribution in [2.24, 2.45) is 5.41 Å². The molecule has 1 unspecified atom stereocenters. The highest BCUT2D eigenvalue weighted by molar-refractivity contribution is 6.30. The van der Waals surface area contributed by atoms with Gasteiger partial charge in [0.1, 0.15) is 12.1 Å². The van der Waals surface area contributed by atoms with Crippen molar-refractivity contribution in [1.82, 2.24) is 15.5 Å². The normalized spacial score (nSPS) is 23.2. The zero-order valence-electron chi connectivity index (χ0n) is 16.8. The third-order valence-corrected chi connectivity index (χ3v) is 5.89. The molecule has 0 aromatic heterocycles. The molecule has 0 aliphatic carbocycles. The lowest BCUT2D eigenvalue weighted by Crippen LogP contribution is -2.51. The molecule has 2 amide bonds. The van der Waals surface area contributed by atoms with Crippen molar-refractivity contribution in [3.05, 3.63) is 34.3 Å². The van der Waals surface area contributed by atoms with E-state index in [-0.39, 0.29) is 11.8 Å². The predicted molar refractivity (Wildman–Crippen MR) is 109 cm³/mol. The van der Waals surface area contributed by atoms with E-state index in [4.69, 9.17) is 11.6 Å². The number of likely N-dealkylation sites (tertiary alicyclic amines) is 1. The fraction of sp³-hybridized carbons (Fsp3) is 0.619. The molecule has 2 aliphatic rings. The van der Waals surface area contributed by atoms with E-state index in [1.165, 1.54) is 4.90 Å². The lowest BCUT2D eigenvalue weighted by Gasteiger charge is -2.32. The number of hydrogen-bond acceptors (Lipinski definition) is 4. The minimum atomic E-state index is -1.12. The van der Waals surface area contributed by atoms with Crippen LogP contribution in [0.25, 0.3) is 0 Å². The number of carbonyl (C=O) groups excluding carboxylic acids is 2. The topological polar surface area (TPSA) is 81.7 Å². The van der Waals surface area contributed by atoms with Crippen LogP contribution in [0.15, 0.2) is 18.2 Å². The number of aliphatic hydroxyl groups excluding tert-OH is 1. The van der Waals surface area contributed by atoms with Gasteiger partial charge in [0.25, 0.3) is 5.91 Å². The van der Waals surface area contributed by atoms with Gasteiger partial charge in [0.2, 0.25) is 5.91 Å². The van der Waals surface area contributed by atoms with Gasteiger partial charge >= 0.3 is 0 Å². The molecule has 1 aromatic rings. The van der Waals surface area contributed by atoms with Crippen LogP contribution in [0.2, 0.25) is 5.02 Å². The molecule has 2 saturated heterocycles. The van der Waals surface area contributed by atoms with Crippen LogP contribution in [0.4, 0.5) is 0 Å². The molecule has 2 heterocycles. The Morgan fingerprint density at radius 1 is 1.36 bits per heavy atom. The summed E-state index contributed by atoms with van der Waals surface area (Å²) >= 11 is 6.15. The van der Waals surface area contributed by atoms with Crippen LogP contribution in [-0.4, -0.2) is 47.1 Å². The van der Waals surface area contributed by atoms with Crippen molar-refractivity contribution < 1.29 is 14.7 Å². The van der Waals surface area contributed by atoms with Crippen LogP contribution in [0.1, 0.15) is 57.2 Å². The first kappa shape index (κ1) is 21.1. The van der Waals surface area contributed by atoms with Crippen LogP contribution in [0.3, 0.4) is 0 Å². The fourth-order valence-electron chi connectivity index (χ4n) is 3.75. The van der Waals surface area contributed by atoms with Crippen molar-refractivity contribution in [3.8, 4) is 0 Å². The Balaban J connectivity index is 1.66. The first-order chi connectivity index (χ1) is 13.2. The largest absolute Gasteiger partial charge is 0.383 e. The fourth-order valence-corrected chi connectivity index (χ4v) is 3.95. The minimum absolute atomic E-state index is 0.181. The number of hydrogen-bond donors (Lipinski definition) is 3. The van der Waals surface area contributed by atoms with Crippen LogP contribution in [-0.2, 0) is 16.1 Å². The van der Waals surface area contributed by atoms with Crippen LogP contribution in [0, 0.1) is 5.41 Å². The molecule has 7 heteroatoms. The Bertz CT molecular complexity index is 743. The number of rotatable bonds is 5. The summed E-state index contributed by atoms with van der Waals surface area (Å²) in [6.07, 6.45) is 1.32. The van der Waals surface area contributed by atoms with Gasteiger partial charge in [0, 0.05) is 24.2 Å². The van der Waals surface area contributed by atoms with Crippen molar-refractivity contribution in [2.45, 2.75) is 64.8 Å². The molecule has 2 fully saturated rings. The van der Waals surface area contributed by atoms with Gasteiger partial charge in [-0.05, 0) is 54.5 Å². The summed E-state index contributed by atoms with van der Waals surface area (Å²) in [4.78, 5) is 27.0. The van der Waals surface area contributed by atoms with E-state index in [0.29, 0.717) is 30.6 Å². The molecular weight excluding hydrogens is 378 g/mol. The Labute approximate surface area is 171 Å². The van der Waals surface area contributed by atoms with Crippen LogP contribution >= 0.6 is 11.6 Å². The molecule has 0 bridgehead atoms. The molecule has 2 aliphatic heterocycles. The van der Waals surface area contributed by atoms with Crippen LogP contribution in [0.5, 0.6) is 0 Å². The number of carbonyl (C=O) groups is 2. The third-order valence-electron chi connectivity index (χ3n) is 5.65. The summed E-state index contributed by atoms with van der Waals surface area (Å²) in [5, 5.41) is 17.3. The van der Waals surface area contributed by atoms with E-state index in [1.807, 2.05) is 39.0 Å². The van der Waals surface area contributed by atoms with Gasteiger partial charge in [-0.15, -0.1) is 0 Å². The molecule has 0 radical (unpaired) electrons. The maximum Gasteiger partial charge on any atom is 0.252 e. The highest BCUT2D eigenvalue weighted by atomic mass is 35.5. The first-order valence-electron chi connectivity index (χ1n) is 9.96. The third kappa shape index (κ3) is 4.50. The van der Waals surface area contributed by atoms with Crippen molar-refractivity contribution >= 4 is 23.4 Å². The molecule has 28 heavy (non-hydrogen) atoms. The number of aliphatic hydroxyl groups is 1. The van der Waals surface area contributed by atoms with E-state index in [2.05, 4.69) is 10.6 Å². The maximum absolute atomic E-state index is 12.8. The Morgan fingerprint density at radius 2 is 2.07 bits per heavy atom. The summed E-state index contributed by atoms with van der Waals surface area (Å²) in [5.41, 5.74) is 1.58. The SMILES string of the molecule is CC(C)(C)[C@@H](O)C(=O)N1CCC[C@H]1C(=O)NCc1cc(Cl)ccc1C1CCN1. The maximum atomic E-state index is 12.8. The van der Waals surface area contributed by atoms with E-state index >= 15 is 0 Å². The average molecular weight is 408 g/mol. The van der Waals surface area contributed by atoms with E-state index in [0.717, 1.165) is 30.5 Å². The zero-order chi connectivity index (χ0) is 20.5. The number of nitrogens with one attached hydrogen (secondary N) is 2. The molecule has 1 aromatic carbocycles. The molecular formula is C21H30ClN3O3. The number of amides is 2. The molecule has 3 rings (SSSR count). The Morgan fingerprint density at radius 3 is 2.68 bits per heavy atom. The lowest BCUT2D eigenvalue weighted by molar-refractivity contribution is -0.149. The Kier molecular flexibility index (Phi) is 6.32. The standard InChI is InChI=1S/C21H30ClN3O3/c1-21(2,3)18(26)20(28)25-10-4-5-17(25)19(27)24-12-13-11-14(22)6-7-15(13)16-8-9-23-16/h6-7,11,16-18,23,26H,4-5,8-10,12H2,1-3H3,(H,24,27)/t16?,17-,18-/m0/s1. The van der Waals surface area contributed by atoms with E-state index in [9.17, 15) is 14.7 Å². The van der Waals surface area contributed by atoms with Gasteiger partial charge in [-0.25, -0.2) is 0 Å². The molecule has 3 atom stereocenters. The summed E-state index contributed by atoms with van der Waals surface area (Å²) < 4.78 is 0. The molecule has 6 nitrogen and oxygen atoms in total. The summed E-state index contributed by atoms with van der Waals surface area (Å²) in [6.45, 7) is 7.31. The first-order valence-corrected chi connectivity index (χ1v) is 10.3. The number of halogens is 1. The second-order valence-corrected chi connectivity index (χ2v) is 9.25. The van der Waals surface area contributed by atoms with Gasteiger partial charge in [-0.3, -0.25) is 9.59 Å². The van der Waals surface area contributed by atoms with E-state index < -0.39 is 17.6 Å². The van der Waals surface area contributed by atoms with Crippen molar-refractivity contribution in [1.29, 1.82) is 0 Å². The van der Waals surface area contributed by atoms with Gasteiger partial charge in [-0.2, -0.15) is 0 Å². The molecule has 0 spiro atoms. The minimum Gasteiger partial charge on any atom is -0.383 e. The smallest absolute Gasteiger partial charge is 0.252 e. The average Bonchev–Trinajstić information content (AvgIpc) is 3.07. The second-order valence-electron chi connectivity index (χ2n) is 8.81. The van der Waals surface area contributed by atoms with Gasteiger partial charge in [0.05, 0.1) is 0 Å². The van der Waals surface area contributed by atoms with Crippen molar-refractivity contribution in [3.63, 3.8) is 0 Å². The monoisotopic (exact) mass is 407 g/mol.